The van der Waals surface area contributed by atoms with Gasteiger partial charge in [0.05, 0.1) is 6.20 Å². The van der Waals surface area contributed by atoms with Gasteiger partial charge in [0.15, 0.2) is 0 Å². The van der Waals surface area contributed by atoms with Gasteiger partial charge >= 0.3 is 0 Å². The number of aryl methyl sites for hydroxylation is 1. The minimum atomic E-state index is -0.101. The highest BCUT2D eigenvalue weighted by Gasteiger charge is 2.19. The quantitative estimate of drug-likeness (QED) is 0.771. The van der Waals surface area contributed by atoms with Gasteiger partial charge in [-0.2, -0.15) is 0 Å². The van der Waals surface area contributed by atoms with E-state index in [-0.39, 0.29) is 12.3 Å². The van der Waals surface area contributed by atoms with Crippen LogP contribution in [0.4, 0.5) is 5.82 Å². The van der Waals surface area contributed by atoms with E-state index in [1.54, 1.807) is 13.2 Å². The minimum Gasteiger partial charge on any atom is -0.359 e. The number of benzene rings is 1. The summed E-state index contributed by atoms with van der Waals surface area (Å²) in [5.41, 5.74) is 4.84. The highest BCUT2D eigenvalue weighted by Crippen LogP contribution is 2.30. The predicted octanol–water partition coefficient (Wildman–Crippen LogP) is 1.10. The molecular weight excluding hydrogens is 318 g/mol. The molecule has 7 heteroatoms. The largest absolute Gasteiger partial charge is 0.359 e. The van der Waals surface area contributed by atoms with Crippen LogP contribution in [-0.4, -0.2) is 35.5 Å². The summed E-state index contributed by atoms with van der Waals surface area (Å²) in [6, 6.07) is 4.37. The van der Waals surface area contributed by atoms with E-state index in [0.29, 0.717) is 12.4 Å². The van der Waals surface area contributed by atoms with Crippen LogP contribution < -0.4 is 15.5 Å². The van der Waals surface area contributed by atoms with E-state index >= 15 is 0 Å². The fourth-order valence-electron chi connectivity index (χ4n) is 3.20. The lowest BCUT2D eigenvalue weighted by Gasteiger charge is -2.18. The maximum Gasteiger partial charge on any atom is 0.221 e. The molecular formula is C18H23N5O2. The van der Waals surface area contributed by atoms with Crippen LogP contribution in [0.5, 0.6) is 0 Å². The van der Waals surface area contributed by atoms with Crippen LogP contribution in [-0.2, 0) is 29.7 Å². The number of rotatable bonds is 6. The van der Waals surface area contributed by atoms with Gasteiger partial charge in [-0.3, -0.25) is 14.5 Å². The molecule has 0 aliphatic carbocycles. The molecule has 132 valence electrons. The Kier molecular flexibility index (Phi) is 4.85. The number of imidazole rings is 1. The van der Waals surface area contributed by atoms with Crippen molar-refractivity contribution in [3.05, 3.63) is 35.0 Å². The third-order valence-electron chi connectivity index (χ3n) is 4.66. The SMILES string of the molecule is CNC(=O)CCN(C=O)c1cnc(-c2cc3c(cc2C)CNC3)n1C. The average molecular weight is 341 g/mol. The first-order valence-corrected chi connectivity index (χ1v) is 8.33. The number of carbonyl (C=O) groups excluding carboxylic acids is 2. The van der Waals surface area contributed by atoms with Gasteiger partial charge in [-0.1, -0.05) is 6.07 Å². The van der Waals surface area contributed by atoms with Crippen molar-refractivity contribution in [1.29, 1.82) is 0 Å². The molecule has 2 N–H and O–H groups in total. The third kappa shape index (κ3) is 3.28. The monoisotopic (exact) mass is 341 g/mol. The Morgan fingerprint density at radius 2 is 2.12 bits per heavy atom. The van der Waals surface area contributed by atoms with Gasteiger partial charge in [0.2, 0.25) is 12.3 Å². The summed E-state index contributed by atoms with van der Waals surface area (Å²) in [6.45, 7) is 4.16. The van der Waals surface area contributed by atoms with Crippen LogP contribution in [0.15, 0.2) is 18.3 Å². The van der Waals surface area contributed by atoms with Crippen LogP contribution >= 0.6 is 0 Å². The fourth-order valence-corrected chi connectivity index (χ4v) is 3.20. The van der Waals surface area contributed by atoms with E-state index in [1.165, 1.54) is 16.0 Å². The molecule has 7 nitrogen and oxygen atoms in total. The molecule has 0 saturated carbocycles. The lowest BCUT2D eigenvalue weighted by atomic mass is 10.0. The van der Waals surface area contributed by atoms with Gasteiger partial charge in [-0.15, -0.1) is 0 Å². The number of amides is 2. The van der Waals surface area contributed by atoms with Crippen molar-refractivity contribution in [2.45, 2.75) is 26.4 Å². The summed E-state index contributed by atoms with van der Waals surface area (Å²) >= 11 is 0. The van der Waals surface area contributed by atoms with Gasteiger partial charge in [-0.05, 0) is 29.7 Å². The molecule has 1 aliphatic heterocycles. The summed E-state index contributed by atoms with van der Waals surface area (Å²) < 4.78 is 1.90. The van der Waals surface area contributed by atoms with Crippen LogP contribution in [0.2, 0.25) is 0 Å². The Hall–Kier alpha value is -2.67. The zero-order valence-corrected chi connectivity index (χ0v) is 14.8. The summed E-state index contributed by atoms with van der Waals surface area (Å²) in [6.07, 6.45) is 2.67. The van der Waals surface area contributed by atoms with E-state index in [1.807, 2.05) is 11.6 Å². The third-order valence-corrected chi connectivity index (χ3v) is 4.66. The molecule has 0 spiro atoms. The Balaban J connectivity index is 1.90. The predicted molar refractivity (Wildman–Crippen MR) is 96.0 cm³/mol. The number of fused-ring (bicyclic) bond motifs is 1. The second kappa shape index (κ2) is 7.06. The lowest BCUT2D eigenvalue weighted by molar-refractivity contribution is -0.120. The molecule has 25 heavy (non-hydrogen) atoms. The number of anilines is 1. The molecule has 0 atom stereocenters. The minimum absolute atomic E-state index is 0.101. The maximum absolute atomic E-state index is 11.5. The van der Waals surface area contributed by atoms with Crippen molar-refractivity contribution in [1.82, 2.24) is 20.2 Å². The fraction of sp³-hybridized carbons (Fsp3) is 0.389. The molecule has 1 aromatic heterocycles. The summed E-state index contributed by atoms with van der Waals surface area (Å²) in [5, 5.41) is 5.92. The number of nitrogens with one attached hydrogen (secondary N) is 2. The molecule has 0 unspecified atom stereocenters. The van der Waals surface area contributed by atoms with Crippen LogP contribution in [0.3, 0.4) is 0 Å². The van der Waals surface area contributed by atoms with Crippen molar-refractivity contribution >= 4 is 18.1 Å². The Bertz CT molecular complexity index is 812. The normalized spacial score (nSPS) is 12.8. The summed E-state index contributed by atoms with van der Waals surface area (Å²) in [7, 11) is 3.47. The molecule has 2 amide bonds. The Labute approximate surface area is 147 Å². The molecule has 1 aromatic carbocycles. The number of hydrogen-bond acceptors (Lipinski definition) is 4. The lowest BCUT2D eigenvalue weighted by Crippen LogP contribution is -2.29. The molecule has 0 radical (unpaired) electrons. The molecule has 0 fully saturated rings. The zero-order valence-electron chi connectivity index (χ0n) is 14.8. The maximum atomic E-state index is 11.5. The first-order chi connectivity index (χ1) is 12.0. The molecule has 2 heterocycles. The second-order valence-corrected chi connectivity index (χ2v) is 6.26. The van der Waals surface area contributed by atoms with E-state index in [9.17, 15) is 9.59 Å². The highest BCUT2D eigenvalue weighted by molar-refractivity contribution is 5.80. The van der Waals surface area contributed by atoms with Crippen molar-refractivity contribution in [2.24, 2.45) is 7.05 Å². The number of nitrogens with zero attached hydrogens (tertiary/aromatic N) is 3. The second-order valence-electron chi connectivity index (χ2n) is 6.26. The molecule has 2 aromatic rings. The van der Waals surface area contributed by atoms with Crippen LogP contribution in [0.25, 0.3) is 11.4 Å². The van der Waals surface area contributed by atoms with Crippen molar-refractivity contribution in [3.63, 3.8) is 0 Å². The van der Waals surface area contributed by atoms with Gasteiger partial charge in [0, 0.05) is 45.7 Å². The number of hydrogen-bond donors (Lipinski definition) is 2. The summed E-state index contributed by atoms with van der Waals surface area (Å²) in [4.78, 5) is 29.0. The van der Waals surface area contributed by atoms with Crippen molar-refractivity contribution in [2.75, 3.05) is 18.5 Å². The van der Waals surface area contributed by atoms with E-state index < -0.39 is 0 Å². The molecule has 0 bridgehead atoms. The Morgan fingerprint density at radius 1 is 1.40 bits per heavy atom. The first kappa shape index (κ1) is 17.2. The standard InChI is InChI=1S/C18H23N5O2/c1-12-6-13-8-20-9-14(13)7-15(12)18-21-10-17(22(18)3)23(11-24)5-4-16(25)19-2/h6-7,10-11,20H,4-5,8-9H2,1-3H3,(H,19,25). The molecule has 1 aliphatic rings. The van der Waals surface area contributed by atoms with Gasteiger partial charge in [-0.25, -0.2) is 4.98 Å². The van der Waals surface area contributed by atoms with Gasteiger partial charge < -0.3 is 15.2 Å². The average Bonchev–Trinajstić information content (AvgIpc) is 3.21. The molecule has 3 rings (SSSR count). The topological polar surface area (TPSA) is 79.3 Å². The van der Waals surface area contributed by atoms with Crippen LogP contribution in [0, 0.1) is 6.92 Å². The Morgan fingerprint density at radius 3 is 2.80 bits per heavy atom. The van der Waals surface area contributed by atoms with E-state index in [4.69, 9.17) is 0 Å². The van der Waals surface area contributed by atoms with Gasteiger partial charge in [0.1, 0.15) is 11.6 Å². The molecule has 0 saturated heterocycles. The van der Waals surface area contributed by atoms with E-state index in [2.05, 4.69) is 34.7 Å². The van der Waals surface area contributed by atoms with Crippen molar-refractivity contribution in [3.8, 4) is 11.4 Å². The van der Waals surface area contributed by atoms with Crippen LogP contribution in [0.1, 0.15) is 23.1 Å². The summed E-state index contributed by atoms with van der Waals surface area (Å²) in [5.74, 6) is 1.39. The smallest absolute Gasteiger partial charge is 0.221 e. The van der Waals surface area contributed by atoms with Crippen molar-refractivity contribution < 1.29 is 9.59 Å². The number of aromatic nitrogens is 2. The van der Waals surface area contributed by atoms with Gasteiger partial charge in [0.25, 0.3) is 0 Å². The van der Waals surface area contributed by atoms with E-state index in [0.717, 1.165) is 36.5 Å². The zero-order chi connectivity index (χ0) is 18.0. The number of carbonyl (C=O) groups is 2. The first-order valence-electron chi connectivity index (χ1n) is 8.33. The highest BCUT2D eigenvalue weighted by atomic mass is 16.2.